The lowest BCUT2D eigenvalue weighted by atomic mass is 9.93. The minimum absolute atomic E-state index is 0.0621. The van der Waals surface area contributed by atoms with Crippen molar-refractivity contribution in [1.82, 2.24) is 10.2 Å². The van der Waals surface area contributed by atoms with Gasteiger partial charge in [0, 0.05) is 18.6 Å². The van der Waals surface area contributed by atoms with Crippen molar-refractivity contribution in [2.75, 3.05) is 0 Å². The van der Waals surface area contributed by atoms with E-state index >= 15 is 0 Å². The molecule has 3 rings (SSSR count). The number of rotatable bonds is 4. The van der Waals surface area contributed by atoms with Gasteiger partial charge in [0.05, 0.1) is 6.10 Å². The Kier molecular flexibility index (Phi) is 4.90. The van der Waals surface area contributed by atoms with Crippen LogP contribution >= 0.6 is 0 Å². The molecule has 0 atom stereocenters. The van der Waals surface area contributed by atoms with Crippen molar-refractivity contribution in [1.29, 1.82) is 0 Å². The first-order valence-corrected chi connectivity index (χ1v) is 8.84. The standard InChI is InChI=1S/C19H28N2O2/c1-13-3-4-15(11-14(13)2)12-21(17-7-8-17)19(23)20-16-5-9-18(22)10-6-16/h3-4,11,16-18,22H,5-10,12H2,1-2H3,(H,20,23). The van der Waals surface area contributed by atoms with Crippen LogP contribution < -0.4 is 5.32 Å². The minimum atomic E-state index is -0.182. The molecule has 2 saturated carbocycles. The van der Waals surface area contributed by atoms with Crippen LogP contribution in [0.1, 0.15) is 55.2 Å². The Morgan fingerprint density at radius 2 is 1.83 bits per heavy atom. The largest absolute Gasteiger partial charge is 0.393 e. The molecule has 126 valence electrons. The Morgan fingerprint density at radius 1 is 1.13 bits per heavy atom. The highest BCUT2D eigenvalue weighted by Gasteiger charge is 2.33. The van der Waals surface area contributed by atoms with Crippen LogP contribution in [0, 0.1) is 13.8 Å². The summed E-state index contributed by atoms with van der Waals surface area (Å²) in [6.45, 7) is 4.92. The molecule has 0 aromatic heterocycles. The molecular formula is C19H28N2O2. The van der Waals surface area contributed by atoms with Gasteiger partial charge >= 0.3 is 6.03 Å². The number of aryl methyl sites for hydroxylation is 2. The van der Waals surface area contributed by atoms with Gasteiger partial charge in [0.1, 0.15) is 0 Å². The third-order valence-electron chi connectivity index (χ3n) is 5.20. The van der Waals surface area contributed by atoms with Crippen LogP contribution in [0.4, 0.5) is 4.79 Å². The van der Waals surface area contributed by atoms with Gasteiger partial charge < -0.3 is 15.3 Å². The topological polar surface area (TPSA) is 52.6 Å². The van der Waals surface area contributed by atoms with Crippen molar-refractivity contribution in [3.8, 4) is 0 Å². The summed E-state index contributed by atoms with van der Waals surface area (Å²) in [5, 5.41) is 12.8. The van der Waals surface area contributed by atoms with E-state index in [9.17, 15) is 9.90 Å². The Hall–Kier alpha value is -1.55. The summed E-state index contributed by atoms with van der Waals surface area (Å²) in [6.07, 6.45) is 5.41. The molecule has 0 radical (unpaired) electrons. The van der Waals surface area contributed by atoms with E-state index in [-0.39, 0.29) is 18.2 Å². The molecule has 4 heteroatoms. The highest BCUT2D eigenvalue weighted by molar-refractivity contribution is 5.75. The zero-order chi connectivity index (χ0) is 16.4. The fourth-order valence-corrected chi connectivity index (χ4v) is 3.33. The van der Waals surface area contributed by atoms with Crippen LogP contribution in [0.3, 0.4) is 0 Å². The van der Waals surface area contributed by atoms with Gasteiger partial charge in [-0.05, 0) is 69.1 Å². The number of hydrogen-bond donors (Lipinski definition) is 2. The highest BCUT2D eigenvalue weighted by Crippen LogP contribution is 2.29. The van der Waals surface area contributed by atoms with Crippen molar-refractivity contribution < 1.29 is 9.90 Å². The third-order valence-corrected chi connectivity index (χ3v) is 5.20. The summed E-state index contributed by atoms with van der Waals surface area (Å²) in [5.74, 6) is 0. The molecule has 0 heterocycles. The first kappa shape index (κ1) is 16.3. The summed E-state index contributed by atoms with van der Waals surface area (Å²) >= 11 is 0. The average molecular weight is 316 g/mol. The predicted molar refractivity (Wildman–Crippen MR) is 91.3 cm³/mol. The number of nitrogens with zero attached hydrogens (tertiary/aromatic N) is 1. The molecule has 2 amide bonds. The van der Waals surface area contributed by atoms with E-state index in [0.717, 1.165) is 38.5 Å². The second kappa shape index (κ2) is 6.91. The summed E-state index contributed by atoms with van der Waals surface area (Å²) in [5.41, 5.74) is 3.77. The summed E-state index contributed by atoms with van der Waals surface area (Å²) in [6, 6.07) is 7.12. The van der Waals surface area contributed by atoms with E-state index in [0.29, 0.717) is 12.6 Å². The van der Waals surface area contributed by atoms with Crippen LogP contribution in [0.2, 0.25) is 0 Å². The number of benzene rings is 1. The molecule has 2 aliphatic carbocycles. The van der Waals surface area contributed by atoms with Crippen LogP contribution in [0.15, 0.2) is 18.2 Å². The van der Waals surface area contributed by atoms with Crippen LogP contribution in [0.25, 0.3) is 0 Å². The van der Waals surface area contributed by atoms with Gasteiger partial charge in [0.15, 0.2) is 0 Å². The van der Waals surface area contributed by atoms with Crippen LogP contribution in [-0.4, -0.2) is 34.2 Å². The smallest absolute Gasteiger partial charge is 0.318 e. The van der Waals surface area contributed by atoms with Gasteiger partial charge in [-0.15, -0.1) is 0 Å². The van der Waals surface area contributed by atoms with Crippen molar-refractivity contribution in [2.24, 2.45) is 0 Å². The van der Waals surface area contributed by atoms with Crippen molar-refractivity contribution >= 4 is 6.03 Å². The average Bonchev–Trinajstić information content (AvgIpc) is 3.35. The van der Waals surface area contributed by atoms with Gasteiger partial charge in [-0.1, -0.05) is 18.2 Å². The van der Waals surface area contributed by atoms with E-state index in [1.807, 2.05) is 4.90 Å². The number of amides is 2. The predicted octanol–water partition coefficient (Wildman–Crippen LogP) is 3.28. The van der Waals surface area contributed by atoms with E-state index in [1.54, 1.807) is 0 Å². The van der Waals surface area contributed by atoms with E-state index in [1.165, 1.54) is 16.7 Å². The molecule has 4 nitrogen and oxygen atoms in total. The summed E-state index contributed by atoms with van der Waals surface area (Å²) in [7, 11) is 0. The fourth-order valence-electron chi connectivity index (χ4n) is 3.33. The lowest BCUT2D eigenvalue weighted by molar-refractivity contribution is 0.114. The van der Waals surface area contributed by atoms with Gasteiger partial charge in [0.2, 0.25) is 0 Å². The van der Waals surface area contributed by atoms with Crippen molar-refractivity contribution in [3.05, 3.63) is 34.9 Å². The first-order chi connectivity index (χ1) is 11.0. The van der Waals surface area contributed by atoms with Crippen LogP contribution in [-0.2, 0) is 6.54 Å². The second-order valence-corrected chi connectivity index (χ2v) is 7.23. The van der Waals surface area contributed by atoms with Gasteiger partial charge in [0.25, 0.3) is 0 Å². The Bertz CT molecular complexity index is 560. The summed E-state index contributed by atoms with van der Waals surface area (Å²) < 4.78 is 0. The second-order valence-electron chi connectivity index (χ2n) is 7.23. The van der Waals surface area contributed by atoms with E-state index in [2.05, 4.69) is 37.4 Å². The maximum Gasteiger partial charge on any atom is 0.318 e. The maximum absolute atomic E-state index is 12.7. The molecule has 1 aromatic rings. The highest BCUT2D eigenvalue weighted by atomic mass is 16.3. The lowest BCUT2D eigenvalue weighted by Gasteiger charge is -2.30. The molecule has 0 spiro atoms. The molecular weight excluding hydrogens is 288 g/mol. The van der Waals surface area contributed by atoms with E-state index < -0.39 is 0 Å². The number of nitrogens with one attached hydrogen (secondary N) is 1. The molecule has 0 aliphatic heterocycles. The van der Waals surface area contributed by atoms with Crippen molar-refractivity contribution in [3.63, 3.8) is 0 Å². The zero-order valence-electron chi connectivity index (χ0n) is 14.2. The molecule has 2 N–H and O–H groups in total. The normalized spacial score (nSPS) is 24.3. The Balaban J connectivity index is 1.61. The minimum Gasteiger partial charge on any atom is -0.393 e. The van der Waals surface area contributed by atoms with E-state index in [4.69, 9.17) is 0 Å². The number of hydrogen-bond acceptors (Lipinski definition) is 2. The quantitative estimate of drug-likeness (QED) is 0.895. The van der Waals surface area contributed by atoms with Gasteiger partial charge in [-0.3, -0.25) is 0 Å². The number of carbonyl (C=O) groups is 1. The fraction of sp³-hybridized carbons (Fsp3) is 0.632. The number of aliphatic hydroxyl groups is 1. The summed E-state index contributed by atoms with van der Waals surface area (Å²) in [4.78, 5) is 14.7. The molecule has 0 unspecified atom stereocenters. The molecule has 1 aromatic carbocycles. The molecule has 2 aliphatic rings. The Labute approximate surface area is 138 Å². The molecule has 0 bridgehead atoms. The first-order valence-electron chi connectivity index (χ1n) is 8.84. The van der Waals surface area contributed by atoms with Crippen LogP contribution in [0.5, 0.6) is 0 Å². The van der Waals surface area contributed by atoms with Crippen molar-refractivity contribution in [2.45, 2.75) is 77.1 Å². The number of carbonyl (C=O) groups excluding carboxylic acids is 1. The molecule has 2 fully saturated rings. The number of urea groups is 1. The lowest BCUT2D eigenvalue weighted by Crippen LogP contribution is -2.47. The van der Waals surface area contributed by atoms with Gasteiger partial charge in [-0.25, -0.2) is 4.79 Å². The molecule has 0 saturated heterocycles. The molecule has 23 heavy (non-hydrogen) atoms. The SMILES string of the molecule is Cc1ccc(CN(C(=O)NC2CCC(O)CC2)C2CC2)cc1C. The Morgan fingerprint density at radius 3 is 2.43 bits per heavy atom. The number of aliphatic hydroxyl groups excluding tert-OH is 1. The third kappa shape index (κ3) is 4.25. The maximum atomic E-state index is 12.7. The van der Waals surface area contributed by atoms with Gasteiger partial charge in [-0.2, -0.15) is 0 Å². The zero-order valence-corrected chi connectivity index (χ0v) is 14.2. The monoisotopic (exact) mass is 316 g/mol.